The van der Waals surface area contributed by atoms with Gasteiger partial charge in [0, 0.05) is 12.2 Å². The number of nitrogens with zero attached hydrogens (tertiary/aromatic N) is 4. The lowest BCUT2D eigenvalue weighted by Crippen LogP contribution is -2.16. The van der Waals surface area contributed by atoms with Gasteiger partial charge in [0.15, 0.2) is 11.0 Å². The van der Waals surface area contributed by atoms with E-state index in [1.807, 2.05) is 30.3 Å². The van der Waals surface area contributed by atoms with Gasteiger partial charge in [-0.15, -0.1) is 21.5 Å². The molecule has 8 heteroatoms. The van der Waals surface area contributed by atoms with Crippen molar-refractivity contribution in [2.45, 2.75) is 36.4 Å². The first-order valence-electron chi connectivity index (χ1n) is 9.96. The average molecular weight is 439 g/mol. The van der Waals surface area contributed by atoms with Crippen LogP contribution in [-0.4, -0.2) is 39.6 Å². The summed E-state index contributed by atoms with van der Waals surface area (Å²) in [6.45, 7) is 1.59. The van der Waals surface area contributed by atoms with Gasteiger partial charge in [0.25, 0.3) is 0 Å². The van der Waals surface area contributed by atoms with Crippen molar-refractivity contribution in [1.82, 2.24) is 19.7 Å². The second-order valence-electron chi connectivity index (χ2n) is 7.14. The minimum atomic E-state index is 0.208. The van der Waals surface area contributed by atoms with Gasteiger partial charge in [-0.2, -0.15) is 0 Å². The second kappa shape index (κ2) is 8.75. The van der Waals surface area contributed by atoms with Crippen LogP contribution in [0.3, 0.4) is 0 Å². The summed E-state index contributed by atoms with van der Waals surface area (Å²) in [6, 6.07) is 16.2. The van der Waals surface area contributed by atoms with Crippen molar-refractivity contribution >= 4 is 33.3 Å². The van der Waals surface area contributed by atoms with Gasteiger partial charge in [0.05, 0.1) is 35.7 Å². The molecule has 4 aromatic rings. The summed E-state index contributed by atoms with van der Waals surface area (Å²) in [7, 11) is 1.67. The van der Waals surface area contributed by atoms with Crippen LogP contribution in [0.4, 0.5) is 0 Å². The van der Waals surface area contributed by atoms with E-state index >= 15 is 0 Å². The number of thioether (sulfide) groups is 1. The molecule has 5 rings (SSSR count). The monoisotopic (exact) mass is 438 g/mol. The summed E-state index contributed by atoms with van der Waals surface area (Å²) in [5.41, 5.74) is 2.07. The number of hydrogen-bond acceptors (Lipinski definition) is 7. The summed E-state index contributed by atoms with van der Waals surface area (Å²) in [5, 5.41) is 11.0. The van der Waals surface area contributed by atoms with Crippen LogP contribution in [0.15, 0.2) is 53.7 Å². The van der Waals surface area contributed by atoms with Crippen molar-refractivity contribution < 1.29 is 9.47 Å². The number of fused-ring (bicyclic) bond motifs is 1. The minimum absolute atomic E-state index is 0.208. The van der Waals surface area contributed by atoms with E-state index in [4.69, 9.17) is 14.5 Å². The van der Waals surface area contributed by atoms with Gasteiger partial charge in [0.1, 0.15) is 10.8 Å². The third-order valence-electron chi connectivity index (χ3n) is 5.14. The molecule has 0 spiro atoms. The first-order valence-corrected chi connectivity index (χ1v) is 11.8. The second-order valence-corrected chi connectivity index (χ2v) is 9.20. The van der Waals surface area contributed by atoms with Crippen molar-refractivity contribution in [3.63, 3.8) is 0 Å². The lowest BCUT2D eigenvalue weighted by Gasteiger charge is -2.14. The molecule has 1 saturated heterocycles. The van der Waals surface area contributed by atoms with E-state index in [-0.39, 0.29) is 6.10 Å². The Morgan fingerprint density at radius 3 is 2.80 bits per heavy atom. The van der Waals surface area contributed by atoms with Crippen LogP contribution in [0.2, 0.25) is 0 Å². The predicted molar refractivity (Wildman–Crippen MR) is 120 cm³/mol. The van der Waals surface area contributed by atoms with Crippen molar-refractivity contribution in [1.29, 1.82) is 0 Å². The zero-order chi connectivity index (χ0) is 20.3. The molecule has 0 N–H and O–H groups in total. The molecule has 0 bridgehead atoms. The van der Waals surface area contributed by atoms with Crippen molar-refractivity contribution in [2.75, 3.05) is 13.7 Å². The number of ether oxygens (including phenoxy) is 2. The summed E-state index contributed by atoms with van der Waals surface area (Å²) in [6.07, 6.45) is 2.39. The van der Waals surface area contributed by atoms with E-state index in [0.29, 0.717) is 0 Å². The van der Waals surface area contributed by atoms with E-state index < -0.39 is 0 Å². The molecule has 1 fully saturated rings. The van der Waals surface area contributed by atoms with Gasteiger partial charge in [-0.1, -0.05) is 23.9 Å². The number of hydrogen-bond donors (Lipinski definition) is 0. The topological polar surface area (TPSA) is 62.1 Å². The van der Waals surface area contributed by atoms with Crippen molar-refractivity contribution in [3.05, 3.63) is 53.5 Å². The zero-order valence-corrected chi connectivity index (χ0v) is 18.3. The van der Waals surface area contributed by atoms with Gasteiger partial charge in [-0.05, 0) is 49.2 Å². The molecule has 0 aliphatic carbocycles. The van der Waals surface area contributed by atoms with E-state index in [9.17, 15) is 0 Å². The SMILES string of the molecule is COc1ccc(-c2nnc(SCc3nc4ccccc4s3)n2C[C@H]2CCCO2)cc1. The highest BCUT2D eigenvalue weighted by Crippen LogP contribution is 2.31. The lowest BCUT2D eigenvalue weighted by molar-refractivity contribution is 0.0953. The smallest absolute Gasteiger partial charge is 0.191 e. The van der Waals surface area contributed by atoms with Gasteiger partial charge in [0.2, 0.25) is 0 Å². The minimum Gasteiger partial charge on any atom is -0.497 e. The maximum absolute atomic E-state index is 5.90. The summed E-state index contributed by atoms with van der Waals surface area (Å²) in [5.74, 6) is 2.46. The lowest BCUT2D eigenvalue weighted by atomic mass is 10.2. The van der Waals surface area contributed by atoms with Crippen LogP contribution in [-0.2, 0) is 17.0 Å². The van der Waals surface area contributed by atoms with Crippen molar-refractivity contribution in [3.8, 4) is 17.1 Å². The fourth-order valence-electron chi connectivity index (χ4n) is 3.61. The predicted octanol–water partition coefficient (Wildman–Crippen LogP) is 5.03. The highest BCUT2D eigenvalue weighted by Gasteiger charge is 2.22. The summed E-state index contributed by atoms with van der Waals surface area (Å²) < 4.78 is 14.6. The number of thiazole rings is 1. The first-order chi connectivity index (χ1) is 14.8. The van der Waals surface area contributed by atoms with Crippen LogP contribution in [0.5, 0.6) is 5.75 Å². The van der Waals surface area contributed by atoms with E-state index in [1.165, 1.54) is 4.70 Å². The molecule has 0 saturated carbocycles. The molecule has 30 heavy (non-hydrogen) atoms. The largest absolute Gasteiger partial charge is 0.497 e. The Morgan fingerprint density at radius 1 is 1.17 bits per heavy atom. The molecule has 0 amide bonds. The Morgan fingerprint density at radius 2 is 2.03 bits per heavy atom. The molecule has 6 nitrogen and oxygen atoms in total. The molecule has 1 aliphatic rings. The fourth-order valence-corrected chi connectivity index (χ4v) is 5.52. The maximum Gasteiger partial charge on any atom is 0.191 e. The van der Waals surface area contributed by atoms with Crippen LogP contribution >= 0.6 is 23.1 Å². The van der Waals surface area contributed by atoms with Crippen LogP contribution in [0.25, 0.3) is 21.6 Å². The Bertz CT molecular complexity index is 1100. The van der Waals surface area contributed by atoms with Gasteiger partial charge in [-0.3, -0.25) is 4.57 Å². The fraction of sp³-hybridized carbons (Fsp3) is 0.318. The van der Waals surface area contributed by atoms with Crippen LogP contribution < -0.4 is 4.74 Å². The summed E-state index contributed by atoms with van der Waals surface area (Å²) in [4.78, 5) is 4.75. The summed E-state index contributed by atoms with van der Waals surface area (Å²) >= 11 is 3.41. The van der Waals surface area contributed by atoms with Gasteiger partial charge < -0.3 is 9.47 Å². The molecular formula is C22H22N4O2S2. The molecule has 2 aromatic carbocycles. The molecule has 3 heterocycles. The van der Waals surface area contributed by atoms with Crippen molar-refractivity contribution in [2.24, 2.45) is 0 Å². The molecule has 1 atom stereocenters. The molecule has 0 unspecified atom stereocenters. The van der Waals surface area contributed by atoms with E-state index in [1.54, 1.807) is 30.2 Å². The van der Waals surface area contributed by atoms with Gasteiger partial charge >= 0.3 is 0 Å². The third kappa shape index (κ3) is 4.08. The first kappa shape index (κ1) is 19.5. The number of benzene rings is 2. The molecule has 2 aromatic heterocycles. The molecule has 154 valence electrons. The molecule has 1 aliphatic heterocycles. The molecule has 0 radical (unpaired) electrons. The van der Waals surface area contributed by atoms with Gasteiger partial charge in [-0.25, -0.2) is 4.98 Å². The Hall–Kier alpha value is -2.42. The number of para-hydroxylation sites is 1. The third-order valence-corrected chi connectivity index (χ3v) is 7.34. The highest BCUT2D eigenvalue weighted by molar-refractivity contribution is 7.98. The normalized spacial score (nSPS) is 16.4. The Balaban J connectivity index is 1.41. The number of methoxy groups -OCH3 is 1. The maximum atomic E-state index is 5.90. The number of rotatable bonds is 7. The average Bonchev–Trinajstić information content (AvgIpc) is 3.52. The van der Waals surface area contributed by atoms with Crippen LogP contribution in [0.1, 0.15) is 17.8 Å². The highest BCUT2D eigenvalue weighted by atomic mass is 32.2. The van der Waals surface area contributed by atoms with E-state index in [0.717, 1.165) is 64.6 Å². The Kier molecular flexibility index (Phi) is 5.70. The zero-order valence-electron chi connectivity index (χ0n) is 16.7. The quantitative estimate of drug-likeness (QED) is 0.377. The molecular weight excluding hydrogens is 416 g/mol. The standard InChI is InChI=1S/C22H22N4O2S2/c1-27-16-10-8-15(9-11-16)21-24-25-22(26(21)13-17-5-4-12-28-17)29-14-20-23-18-6-2-3-7-19(18)30-20/h2-3,6-11,17H,4-5,12-14H2,1H3/t17-/m1/s1. The Labute approximate surface area is 183 Å². The van der Waals surface area contributed by atoms with Crippen LogP contribution in [0, 0.1) is 0 Å². The van der Waals surface area contributed by atoms with E-state index in [2.05, 4.69) is 33.0 Å². The number of aromatic nitrogens is 4.